The van der Waals surface area contributed by atoms with Crippen LogP contribution in [0.2, 0.25) is 0 Å². The maximum Gasteiger partial charge on any atom is 0.220 e. The molecule has 0 radical (unpaired) electrons. The number of carbonyl (C=O) groups is 1. The van der Waals surface area contributed by atoms with Gasteiger partial charge >= 0.3 is 0 Å². The van der Waals surface area contributed by atoms with Crippen molar-refractivity contribution in [3.8, 4) is 0 Å². The van der Waals surface area contributed by atoms with Crippen LogP contribution < -0.4 is 5.32 Å². The Bertz CT molecular complexity index is 196. The summed E-state index contributed by atoms with van der Waals surface area (Å²) >= 11 is 0. The van der Waals surface area contributed by atoms with Gasteiger partial charge in [0.15, 0.2) is 0 Å². The highest BCUT2D eigenvalue weighted by Gasteiger charge is 2.18. The summed E-state index contributed by atoms with van der Waals surface area (Å²) in [6, 6.07) is 0. The Morgan fingerprint density at radius 1 is 1.19 bits per heavy atom. The lowest BCUT2D eigenvalue weighted by Crippen LogP contribution is -2.28. The first-order valence-corrected chi connectivity index (χ1v) is 6.73. The first-order valence-electron chi connectivity index (χ1n) is 6.73. The zero-order valence-corrected chi connectivity index (χ0v) is 10.0. The molecule has 3 heteroatoms. The number of hydrogen-bond acceptors (Lipinski definition) is 2. The molecule has 2 fully saturated rings. The quantitative estimate of drug-likeness (QED) is 0.779. The summed E-state index contributed by atoms with van der Waals surface area (Å²) in [6.07, 6.45) is 9.46. The topological polar surface area (TPSA) is 38.3 Å². The van der Waals surface area contributed by atoms with E-state index in [1.54, 1.807) is 0 Å². The van der Waals surface area contributed by atoms with Crippen LogP contribution in [0.1, 0.15) is 51.4 Å². The molecule has 2 rings (SSSR count). The second kappa shape index (κ2) is 6.24. The van der Waals surface area contributed by atoms with E-state index >= 15 is 0 Å². The SMILES string of the molecule is O=C(CC[C@H]1CCCO1)NCC1CCCC1. The highest BCUT2D eigenvalue weighted by Crippen LogP contribution is 2.23. The van der Waals surface area contributed by atoms with Gasteiger partial charge in [-0.2, -0.15) is 0 Å². The molecule has 1 atom stereocenters. The van der Waals surface area contributed by atoms with Crippen LogP contribution in [-0.2, 0) is 9.53 Å². The van der Waals surface area contributed by atoms with Crippen molar-refractivity contribution in [3.05, 3.63) is 0 Å². The van der Waals surface area contributed by atoms with E-state index in [-0.39, 0.29) is 5.91 Å². The number of carbonyl (C=O) groups excluding carboxylic acids is 1. The molecule has 0 aromatic carbocycles. The Labute approximate surface area is 97.9 Å². The third-order valence-corrected chi connectivity index (χ3v) is 3.78. The molecule has 2 aliphatic rings. The molecule has 92 valence electrons. The summed E-state index contributed by atoms with van der Waals surface area (Å²) in [5, 5.41) is 3.05. The molecule has 1 saturated heterocycles. The van der Waals surface area contributed by atoms with E-state index in [0.717, 1.165) is 38.3 Å². The number of rotatable bonds is 5. The van der Waals surface area contributed by atoms with Crippen LogP contribution in [0.5, 0.6) is 0 Å². The van der Waals surface area contributed by atoms with E-state index in [1.807, 2.05) is 0 Å². The Kier molecular flexibility index (Phi) is 4.64. The molecule has 3 nitrogen and oxygen atoms in total. The van der Waals surface area contributed by atoms with E-state index in [0.29, 0.717) is 12.5 Å². The second-order valence-electron chi connectivity index (χ2n) is 5.13. The highest BCUT2D eigenvalue weighted by molar-refractivity contribution is 5.75. The molecule has 0 unspecified atom stereocenters. The molecule has 1 heterocycles. The maximum absolute atomic E-state index is 11.6. The first kappa shape index (κ1) is 11.9. The Morgan fingerprint density at radius 2 is 2.00 bits per heavy atom. The maximum atomic E-state index is 11.6. The molecule has 0 spiro atoms. The van der Waals surface area contributed by atoms with Gasteiger partial charge in [0.1, 0.15) is 0 Å². The number of ether oxygens (including phenoxy) is 1. The normalized spacial score (nSPS) is 26.1. The van der Waals surface area contributed by atoms with Crippen molar-refractivity contribution in [2.75, 3.05) is 13.2 Å². The predicted octanol–water partition coefficient (Wildman–Crippen LogP) is 2.25. The number of amides is 1. The van der Waals surface area contributed by atoms with Gasteiger partial charge in [0.05, 0.1) is 6.10 Å². The molecule has 1 saturated carbocycles. The van der Waals surface area contributed by atoms with Crippen molar-refractivity contribution in [1.29, 1.82) is 0 Å². The lowest BCUT2D eigenvalue weighted by molar-refractivity contribution is -0.121. The van der Waals surface area contributed by atoms with Crippen LogP contribution in [0.4, 0.5) is 0 Å². The zero-order chi connectivity index (χ0) is 11.2. The van der Waals surface area contributed by atoms with E-state index in [1.165, 1.54) is 25.7 Å². The fourth-order valence-corrected chi connectivity index (χ4v) is 2.73. The number of nitrogens with one attached hydrogen (secondary N) is 1. The van der Waals surface area contributed by atoms with Gasteiger partial charge in [0.25, 0.3) is 0 Å². The van der Waals surface area contributed by atoms with Crippen molar-refractivity contribution in [2.24, 2.45) is 5.92 Å². The van der Waals surface area contributed by atoms with Gasteiger partial charge in [-0.3, -0.25) is 4.79 Å². The van der Waals surface area contributed by atoms with E-state index in [4.69, 9.17) is 4.74 Å². The average Bonchev–Trinajstić information content (AvgIpc) is 2.96. The Hall–Kier alpha value is -0.570. The average molecular weight is 225 g/mol. The van der Waals surface area contributed by atoms with Crippen LogP contribution in [0.25, 0.3) is 0 Å². The summed E-state index contributed by atoms with van der Waals surface area (Å²) in [5.74, 6) is 0.953. The number of hydrogen-bond donors (Lipinski definition) is 1. The second-order valence-corrected chi connectivity index (χ2v) is 5.13. The summed E-state index contributed by atoms with van der Waals surface area (Å²) in [4.78, 5) is 11.6. The minimum atomic E-state index is 0.211. The van der Waals surface area contributed by atoms with E-state index in [2.05, 4.69) is 5.32 Å². The standard InChI is InChI=1S/C13H23NO2/c15-13(8-7-12-6-3-9-16-12)14-10-11-4-1-2-5-11/h11-12H,1-10H2,(H,14,15)/t12-/m1/s1. The molecule has 1 N–H and O–H groups in total. The lowest BCUT2D eigenvalue weighted by atomic mass is 10.1. The molecule has 1 aliphatic carbocycles. The lowest BCUT2D eigenvalue weighted by Gasteiger charge is -2.12. The van der Waals surface area contributed by atoms with Gasteiger partial charge in [0.2, 0.25) is 5.91 Å². The first-order chi connectivity index (χ1) is 7.84. The van der Waals surface area contributed by atoms with E-state index < -0.39 is 0 Å². The summed E-state index contributed by atoms with van der Waals surface area (Å²) < 4.78 is 5.50. The van der Waals surface area contributed by atoms with Crippen LogP contribution in [0.15, 0.2) is 0 Å². The van der Waals surface area contributed by atoms with E-state index in [9.17, 15) is 4.79 Å². The summed E-state index contributed by atoms with van der Waals surface area (Å²) in [7, 11) is 0. The van der Waals surface area contributed by atoms with Gasteiger partial charge in [-0.1, -0.05) is 12.8 Å². The van der Waals surface area contributed by atoms with Gasteiger partial charge in [-0.25, -0.2) is 0 Å². The van der Waals surface area contributed by atoms with Crippen LogP contribution >= 0.6 is 0 Å². The molecule has 0 aromatic heterocycles. The molecule has 0 aromatic rings. The van der Waals surface area contributed by atoms with Crippen molar-refractivity contribution in [1.82, 2.24) is 5.32 Å². The van der Waals surface area contributed by atoms with Crippen molar-refractivity contribution in [2.45, 2.75) is 57.5 Å². The smallest absolute Gasteiger partial charge is 0.220 e. The Morgan fingerprint density at radius 3 is 2.69 bits per heavy atom. The summed E-state index contributed by atoms with van der Waals surface area (Å²) in [6.45, 7) is 1.78. The highest BCUT2D eigenvalue weighted by atomic mass is 16.5. The van der Waals surface area contributed by atoms with Crippen LogP contribution in [0, 0.1) is 5.92 Å². The molecule has 16 heavy (non-hydrogen) atoms. The van der Waals surface area contributed by atoms with Gasteiger partial charge in [0, 0.05) is 19.6 Å². The molecular formula is C13H23NO2. The largest absolute Gasteiger partial charge is 0.378 e. The molecule has 0 bridgehead atoms. The monoisotopic (exact) mass is 225 g/mol. The Balaban J connectivity index is 1.53. The van der Waals surface area contributed by atoms with Crippen LogP contribution in [0.3, 0.4) is 0 Å². The molecule has 1 aliphatic heterocycles. The van der Waals surface area contributed by atoms with Crippen molar-refractivity contribution in [3.63, 3.8) is 0 Å². The van der Waals surface area contributed by atoms with Crippen LogP contribution in [-0.4, -0.2) is 25.2 Å². The minimum Gasteiger partial charge on any atom is -0.378 e. The fraction of sp³-hybridized carbons (Fsp3) is 0.923. The predicted molar refractivity (Wildman–Crippen MR) is 63.2 cm³/mol. The zero-order valence-electron chi connectivity index (χ0n) is 10.0. The molecule has 1 amide bonds. The third-order valence-electron chi connectivity index (χ3n) is 3.78. The van der Waals surface area contributed by atoms with Gasteiger partial charge in [-0.15, -0.1) is 0 Å². The third kappa shape index (κ3) is 3.78. The van der Waals surface area contributed by atoms with Gasteiger partial charge in [-0.05, 0) is 38.0 Å². The molecular weight excluding hydrogens is 202 g/mol. The summed E-state index contributed by atoms with van der Waals surface area (Å²) in [5.41, 5.74) is 0. The van der Waals surface area contributed by atoms with Crippen molar-refractivity contribution >= 4 is 5.91 Å². The van der Waals surface area contributed by atoms with Crippen molar-refractivity contribution < 1.29 is 9.53 Å². The minimum absolute atomic E-state index is 0.211. The fourth-order valence-electron chi connectivity index (χ4n) is 2.73. The van der Waals surface area contributed by atoms with Gasteiger partial charge < -0.3 is 10.1 Å².